The van der Waals surface area contributed by atoms with E-state index in [9.17, 15) is 24.0 Å². The summed E-state index contributed by atoms with van der Waals surface area (Å²) in [6, 6.07) is -1.62. The lowest BCUT2D eigenvalue weighted by atomic mass is 10.0. The second-order valence-corrected chi connectivity index (χ2v) is 9.27. The molecular weight excluding hydrogens is 543 g/mol. The number of hydrogen-bond donors (Lipinski definition) is 6. The lowest BCUT2D eigenvalue weighted by Gasteiger charge is -2.21. The van der Waals surface area contributed by atoms with Crippen molar-refractivity contribution in [3.8, 4) is 0 Å². The number of carbonyl (C=O) groups excluding carboxylic acids is 5. The molecule has 0 heterocycles. The Morgan fingerprint density at radius 1 is 0.848 bits per heavy atom. The van der Waals surface area contributed by atoms with Crippen LogP contribution in [0.1, 0.15) is 65.2 Å². The molecule has 0 aliphatic heterocycles. The van der Waals surface area contributed by atoms with Crippen LogP contribution in [0.25, 0.3) is 0 Å². The first-order valence-electron chi connectivity index (χ1n) is 11.4. The summed E-state index contributed by atoms with van der Waals surface area (Å²) in [6.45, 7) is 4.57. The molecule has 5 amide bonds. The number of halogens is 1. The van der Waals surface area contributed by atoms with Gasteiger partial charge in [0.2, 0.25) is 23.6 Å². The first kappa shape index (κ1) is 31.0. The zero-order valence-electron chi connectivity index (χ0n) is 19.6. The van der Waals surface area contributed by atoms with Gasteiger partial charge in [0.05, 0.1) is 6.54 Å². The van der Waals surface area contributed by atoms with Crippen LogP contribution < -0.4 is 32.7 Å². The normalized spacial score (nSPS) is 12.5. The Hall–Kier alpha value is -1.96. The van der Waals surface area contributed by atoms with Gasteiger partial charge < -0.3 is 32.7 Å². The predicted molar refractivity (Wildman–Crippen MR) is 134 cm³/mol. The predicted octanol–water partition coefficient (Wildman–Crippen LogP) is 0.438. The number of amides is 5. The van der Waals surface area contributed by atoms with Gasteiger partial charge in [-0.1, -0.05) is 20.3 Å². The maximum absolute atomic E-state index is 12.6. The highest BCUT2D eigenvalue weighted by molar-refractivity contribution is 14.1. The number of nitrogens with one attached hydrogen (secondary N) is 4. The average Bonchev–Trinajstić information content (AvgIpc) is 2.72. The molecule has 33 heavy (non-hydrogen) atoms. The van der Waals surface area contributed by atoms with Crippen LogP contribution in [-0.4, -0.2) is 59.3 Å². The van der Waals surface area contributed by atoms with Gasteiger partial charge in [-0.25, -0.2) is 0 Å². The number of rotatable bonds is 18. The molecule has 0 aliphatic carbocycles. The Morgan fingerprint density at radius 2 is 1.52 bits per heavy atom. The minimum Gasteiger partial charge on any atom is -0.368 e. The Kier molecular flexibility index (Phi) is 17.4. The van der Waals surface area contributed by atoms with E-state index in [4.69, 9.17) is 11.5 Å². The van der Waals surface area contributed by atoms with E-state index in [1.807, 2.05) is 13.8 Å². The maximum Gasteiger partial charge on any atom is 0.280 e. The summed E-state index contributed by atoms with van der Waals surface area (Å²) in [5.41, 5.74) is 10.8. The Morgan fingerprint density at radius 3 is 2.09 bits per heavy atom. The van der Waals surface area contributed by atoms with Crippen molar-refractivity contribution >= 4 is 50.1 Å². The van der Waals surface area contributed by atoms with Gasteiger partial charge in [-0.15, -0.1) is 0 Å². The maximum atomic E-state index is 12.6. The fourth-order valence-electron chi connectivity index (χ4n) is 3.06. The standard InChI is InChI=1S/C21H39IN6O5/c1-14(2)12-16(28-17(29)9-4-3-6-10-23)20(32)26-13-18(30)27-15(19(24)31)8-5-7-11-25-21(22)33/h14-16H,3-13,23H2,1-2H3,(H2,24,31)(H,25,33)(H,26,32)(H,27,30)(H,28,29)/t15-,16-/m0/s1. The number of nitrogens with two attached hydrogens (primary N) is 2. The van der Waals surface area contributed by atoms with Gasteiger partial charge in [-0.05, 0) is 51.0 Å². The van der Waals surface area contributed by atoms with Crippen molar-refractivity contribution in [2.24, 2.45) is 17.4 Å². The molecule has 0 aliphatic rings. The van der Waals surface area contributed by atoms with Gasteiger partial charge in [0.15, 0.2) is 0 Å². The summed E-state index contributed by atoms with van der Waals surface area (Å²) in [6.07, 6.45) is 4.66. The zero-order chi connectivity index (χ0) is 25.2. The molecule has 0 aromatic rings. The van der Waals surface area contributed by atoms with E-state index in [1.54, 1.807) is 22.6 Å². The van der Waals surface area contributed by atoms with Gasteiger partial charge in [-0.3, -0.25) is 24.0 Å². The molecule has 0 saturated carbocycles. The molecule has 0 spiro atoms. The Balaban J connectivity index is 4.56. The van der Waals surface area contributed by atoms with Crippen LogP contribution in [0.15, 0.2) is 0 Å². The van der Waals surface area contributed by atoms with Crippen LogP contribution in [-0.2, 0) is 19.2 Å². The average molecular weight is 582 g/mol. The largest absolute Gasteiger partial charge is 0.368 e. The van der Waals surface area contributed by atoms with Crippen molar-refractivity contribution in [2.75, 3.05) is 19.6 Å². The van der Waals surface area contributed by atoms with Crippen molar-refractivity contribution in [1.29, 1.82) is 0 Å². The smallest absolute Gasteiger partial charge is 0.280 e. The number of primary amides is 1. The topological polar surface area (TPSA) is 186 Å². The Labute approximate surface area is 209 Å². The molecular formula is C21H39IN6O5. The van der Waals surface area contributed by atoms with Gasteiger partial charge in [0.1, 0.15) is 12.1 Å². The highest BCUT2D eigenvalue weighted by Gasteiger charge is 2.23. The molecule has 0 fully saturated rings. The zero-order valence-corrected chi connectivity index (χ0v) is 21.7. The quantitative estimate of drug-likeness (QED) is 0.0589. The molecule has 0 radical (unpaired) electrons. The SMILES string of the molecule is CC(C)C[C@H](NC(=O)CCCCCN)C(=O)NCC(=O)N[C@@H](CCCCNC(=O)I)C(N)=O. The molecule has 8 N–H and O–H groups in total. The molecule has 0 aromatic heterocycles. The summed E-state index contributed by atoms with van der Waals surface area (Å²) >= 11 is 1.63. The van der Waals surface area contributed by atoms with E-state index < -0.39 is 29.8 Å². The lowest BCUT2D eigenvalue weighted by Crippen LogP contribution is -2.51. The van der Waals surface area contributed by atoms with E-state index in [2.05, 4.69) is 21.3 Å². The van der Waals surface area contributed by atoms with Crippen molar-refractivity contribution < 1.29 is 24.0 Å². The molecule has 11 nitrogen and oxygen atoms in total. The van der Waals surface area contributed by atoms with Crippen LogP contribution in [0.4, 0.5) is 4.79 Å². The molecule has 12 heteroatoms. The highest BCUT2D eigenvalue weighted by atomic mass is 127. The fourth-order valence-corrected chi connectivity index (χ4v) is 3.33. The summed E-state index contributed by atoms with van der Waals surface area (Å²) in [5.74, 6) is -1.75. The van der Waals surface area contributed by atoms with Crippen molar-refractivity contribution in [3.63, 3.8) is 0 Å². The minimum atomic E-state index is -0.871. The third-order valence-corrected chi connectivity index (χ3v) is 5.13. The van der Waals surface area contributed by atoms with E-state index >= 15 is 0 Å². The number of unbranched alkanes of at least 4 members (excludes halogenated alkanes) is 3. The van der Waals surface area contributed by atoms with E-state index in [1.165, 1.54) is 0 Å². The van der Waals surface area contributed by atoms with Crippen LogP contribution in [0.3, 0.4) is 0 Å². The fraction of sp³-hybridized carbons (Fsp3) is 0.762. The van der Waals surface area contributed by atoms with Crippen LogP contribution in [0.2, 0.25) is 0 Å². The number of hydrogen-bond acceptors (Lipinski definition) is 6. The summed E-state index contributed by atoms with van der Waals surface area (Å²) in [5, 5.41) is 10.4. The highest BCUT2D eigenvalue weighted by Crippen LogP contribution is 2.07. The van der Waals surface area contributed by atoms with Crippen molar-refractivity contribution in [3.05, 3.63) is 0 Å². The van der Waals surface area contributed by atoms with Crippen LogP contribution in [0, 0.1) is 5.92 Å². The molecule has 0 bridgehead atoms. The van der Waals surface area contributed by atoms with E-state index in [-0.39, 0.29) is 22.3 Å². The summed E-state index contributed by atoms with van der Waals surface area (Å²) in [4.78, 5) is 59.4. The second kappa shape index (κ2) is 18.5. The number of carbonyl (C=O) groups is 5. The van der Waals surface area contributed by atoms with Gasteiger partial charge in [0, 0.05) is 35.6 Å². The van der Waals surface area contributed by atoms with Gasteiger partial charge in [-0.2, -0.15) is 0 Å². The third kappa shape index (κ3) is 17.2. The van der Waals surface area contributed by atoms with Gasteiger partial charge in [0.25, 0.3) is 3.91 Å². The first-order chi connectivity index (χ1) is 15.6. The van der Waals surface area contributed by atoms with E-state index in [0.29, 0.717) is 51.6 Å². The van der Waals surface area contributed by atoms with Crippen LogP contribution in [0.5, 0.6) is 0 Å². The molecule has 190 valence electrons. The lowest BCUT2D eigenvalue weighted by molar-refractivity contribution is -0.131. The molecule has 2 atom stereocenters. The first-order valence-corrected chi connectivity index (χ1v) is 12.4. The molecule has 0 unspecified atom stereocenters. The van der Waals surface area contributed by atoms with Crippen molar-refractivity contribution in [1.82, 2.24) is 21.3 Å². The van der Waals surface area contributed by atoms with Gasteiger partial charge >= 0.3 is 0 Å². The van der Waals surface area contributed by atoms with Crippen LogP contribution >= 0.6 is 22.6 Å². The molecule has 0 rings (SSSR count). The van der Waals surface area contributed by atoms with Crippen molar-refractivity contribution in [2.45, 2.75) is 77.3 Å². The molecule has 0 saturated heterocycles. The minimum absolute atomic E-state index is 0.156. The summed E-state index contributed by atoms with van der Waals surface area (Å²) < 4.78 is -0.165. The third-order valence-electron chi connectivity index (χ3n) is 4.75. The Bertz CT molecular complexity index is 647. The summed E-state index contributed by atoms with van der Waals surface area (Å²) in [7, 11) is 0. The van der Waals surface area contributed by atoms with E-state index in [0.717, 1.165) is 12.8 Å². The molecule has 0 aromatic carbocycles. The monoisotopic (exact) mass is 582 g/mol. The second-order valence-electron chi connectivity index (χ2n) is 8.29.